The molecule has 144 valence electrons. The van der Waals surface area contributed by atoms with E-state index in [4.69, 9.17) is 0 Å². The van der Waals surface area contributed by atoms with E-state index < -0.39 is 0 Å². The molecule has 2 heterocycles. The van der Waals surface area contributed by atoms with Crippen molar-refractivity contribution in [2.45, 2.75) is 46.5 Å². The number of hydrogen-bond donors (Lipinski definition) is 1. The molecule has 0 radical (unpaired) electrons. The number of nitrogens with one attached hydrogen (secondary N) is 1. The lowest BCUT2D eigenvalue weighted by atomic mass is 9.89. The Morgan fingerprint density at radius 2 is 1.70 bits per heavy atom. The molecule has 27 heavy (non-hydrogen) atoms. The minimum Gasteiger partial charge on any atom is -0.361 e. The molecule has 2 nitrogen and oxygen atoms in total. The van der Waals surface area contributed by atoms with Gasteiger partial charge < -0.3 is 9.88 Å². The zero-order chi connectivity index (χ0) is 19.1. The fraction of sp³-hybridized carbons (Fsp3) is 0.440. The van der Waals surface area contributed by atoms with Gasteiger partial charge in [0.15, 0.2) is 0 Å². The van der Waals surface area contributed by atoms with Crippen molar-refractivity contribution in [3.8, 4) is 0 Å². The van der Waals surface area contributed by atoms with E-state index in [9.17, 15) is 0 Å². The topological polar surface area (TPSA) is 19.0 Å². The van der Waals surface area contributed by atoms with Crippen molar-refractivity contribution in [2.24, 2.45) is 5.92 Å². The molecular formula is C25H34N2. The number of H-pyrrole nitrogens is 1. The Morgan fingerprint density at radius 1 is 0.963 bits per heavy atom. The monoisotopic (exact) mass is 362 g/mol. The molecule has 3 aromatic rings. The number of aromatic amines is 1. The number of hydrogen-bond acceptors (Lipinski definition) is 1. The lowest BCUT2D eigenvalue weighted by molar-refractivity contribution is 0.186. The van der Waals surface area contributed by atoms with Crippen molar-refractivity contribution in [1.29, 1.82) is 0 Å². The van der Waals surface area contributed by atoms with Crippen molar-refractivity contribution in [3.63, 3.8) is 0 Å². The van der Waals surface area contributed by atoms with E-state index in [0.29, 0.717) is 0 Å². The van der Waals surface area contributed by atoms with Gasteiger partial charge in [0.1, 0.15) is 0 Å². The van der Waals surface area contributed by atoms with E-state index in [0.717, 1.165) is 5.92 Å². The first-order valence-electron chi connectivity index (χ1n) is 10.6. The first-order chi connectivity index (χ1) is 13.3. The minimum atomic E-state index is 0.824. The Kier molecular flexibility index (Phi) is 7.11. The van der Waals surface area contributed by atoms with Gasteiger partial charge in [-0.2, -0.15) is 0 Å². The average molecular weight is 363 g/mol. The molecule has 1 aliphatic rings. The van der Waals surface area contributed by atoms with Gasteiger partial charge in [-0.3, -0.25) is 0 Å². The summed E-state index contributed by atoms with van der Waals surface area (Å²) in [6.07, 6.45) is 7.09. The molecule has 1 saturated heterocycles. The summed E-state index contributed by atoms with van der Waals surface area (Å²) in [6.45, 7) is 9.85. The molecule has 1 aliphatic heterocycles. The Hall–Kier alpha value is -2.06. The molecule has 1 fully saturated rings. The van der Waals surface area contributed by atoms with Crippen LogP contribution in [0.25, 0.3) is 10.9 Å². The number of piperidine rings is 1. The Balaban J connectivity index is 0.00000102. The normalized spacial score (nSPS) is 15.5. The number of aromatic nitrogens is 1. The van der Waals surface area contributed by atoms with Crippen molar-refractivity contribution >= 4 is 10.9 Å². The minimum absolute atomic E-state index is 0.824. The summed E-state index contributed by atoms with van der Waals surface area (Å²) in [4.78, 5) is 6.06. The van der Waals surface area contributed by atoms with Crippen LogP contribution in [0, 0.1) is 12.8 Å². The Labute approximate surface area is 164 Å². The van der Waals surface area contributed by atoms with Crippen LogP contribution in [0.4, 0.5) is 0 Å². The van der Waals surface area contributed by atoms with Gasteiger partial charge in [0.25, 0.3) is 0 Å². The number of likely N-dealkylation sites (tertiary alicyclic amines) is 1. The molecule has 0 amide bonds. The van der Waals surface area contributed by atoms with Gasteiger partial charge in [0, 0.05) is 18.3 Å². The molecule has 0 unspecified atom stereocenters. The summed E-state index contributed by atoms with van der Waals surface area (Å²) in [5.41, 5.74) is 5.64. The van der Waals surface area contributed by atoms with E-state index in [1.54, 1.807) is 0 Å². The van der Waals surface area contributed by atoms with Crippen molar-refractivity contribution in [3.05, 3.63) is 71.4 Å². The second kappa shape index (κ2) is 9.75. The summed E-state index contributed by atoms with van der Waals surface area (Å²) in [6, 6.07) is 17.9. The van der Waals surface area contributed by atoms with Gasteiger partial charge >= 0.3 is 0 Å². The van der Waals surface area contributed by atoms with Gasteiger partial charge in [-0.25, -0.2) is 0 Å². The fourth-order valence-electron chi connectivity index (χ4n) is 4.09. The molecular weight excluding hydrogens is 328 g/mol. The van der Waals surface area contributed by atoms with Gasteiger partial charge in [0.05, 0.1) is 0 Å². The number of nitrogens with zero attached hydrogens (tertiary/aromatic N) is 1. The summed E-state index contributed by atoms with van der Waals surface area (Å²) < 4.78 is 0. The van der Waals surface area contributed by atoms with Crippen LogP contribution < -0.4 is 0 Å². The van der Waals surface area contributed by atoms with Crippen molar-refractivity contribution in [1.82, 2.24) is 9.88 Å². The van der Waals surface area contributed by atoms with Crippen LogP contribution in [0.5, 0.6) is 0 Å². The lowest BCUT2D eigenvalue weighted by Gasteiger charge is -2.32. The van der Waals surface area contributed by atoms with Crippen molar-refractivity contribution < 1.29 is 0 Å². The largest absolute Gasteiger partial charge is 0.361 e. The summed E-state index contributed by atoms with van der Waals surface area (Å²) in [5.74, 6) is 0.824. The molecule has 0 atom stereocenters. The predicted octanol–water partition coefficient (Wildman–Crippen LogP) is 6.00. The van der Waals surface area contributed by atoms with Crippen LogP contribution in [0.2, 0.25) is 0 Å². The molecule has 1 aromatic heterocycles. The van der Waals surface area contributed by atoms with Crippen LogP contribution in [-0.4, -0.2) is 29.5 Å². The SMILES string of the molecule is CC.Cc1ccc(CCN2CCC(Cc3cccc4cc[nH]c34)CC2)cc1. The molecule has 1 N–H and O–H groups in total. The van der Waals surface area contributed by atoms with Crippen molar-refractivity contribution in [2.75, 3.05) is 19.6 Å². The van der Waals surface area contributed by atoms with Crippen LogP contribution in [0.15, 0.2) is 54.7 Å². The highest BCUT2D eigenvalue weighted by atomic mass is 15.1. The standard InChI is InChI=1S/C23H28N2.C2H6/c1-18-5-7-19(8-6-18)10-14-25-15-11-20(12-16-25)17-22-4-2-3-21-9-13-24-23(21)22;1-2/h2-9,13,20,24H,10-12,14-17H2,1H3;1-2H3. The van der Waals surface area contributed by atoms with Crippen LogP contribution in [0.3, 0.4) is 0 Å². The quantitative estimate of drug-likeness (QED) is 0.590. The van der Waals surface area contributed by atoms with E-state index in [1.807, 2.05) is 13.8 Å². The third-order valence-electron chi connectivity index (χ3n) is 5.73. The van der Waals surface area contributed by atoms with E-state index in [2.05, 4.69) is 71.5 Å². The van der Waals surface area contributed by atoms with Gasteiger partial charge in [-0.15, -0.1) is 0 Å². The van der Waals surface area contributed by atoms with Gasteiger partial charge in [0.2, 0.25) is 0 Å². The Bertz CT molecular complexity index is 808. The zero-order valence-electron chi connectivity index (χ0n) is 17.2. The lowest BCUT2D eigenvalue weighted by Crippen LogP contribution is -2.35. The highest BCUT2D eigenvalue weighted by molar-refractivity contribution is 5.82. The molecule has 0 bridgehead atoms. The third-order valence-corrected chi connectivity index (χ3v) is 5.73. The Morgan fingerprint density at radius 3 is 2.44 bits per heavy atom. The summed E-state index contributed by atoms with van der Waals surface area (Å²) in [5, 5.41) is 1.34. The summed E-state index contributed by atoms with van der Waals surface area (Å²) >= 11 is 0. The maximum Gasteiger partial charge on any atom is 0.0486 e. The molecule has 0 saturated carbocycles. The molecule has 4 rings (SSSR count). The summed E-state index contributed by atoms with van der Waals surface area (Å²) in [7, 11) is 0. The highest BCUT2D eigenvalue weighted by Crippen LogP contribution is 2.25. The highest BCUT2D eigenvalue weighted by Gasteiger charge is 2.20. The second-order valence-electron chi connectivity index (χ2n) is 7.58. The number of aryl methyl sites for hydroxylation is 1. The number of fused-ring (bicyclic) bond motifs is 1. The maximum atomic E-state index is 3.42. The predicted molar refractivity (Wildman–Crippen MR) is 117 cm³/mol. The number of para-hydroxylation sites is 1. The van der Waals surface area contributed by atoms with Crippen LogP contribution in [-0.2, 0) is 12.8 Å². The number of benzene rings is 2. The molecule has 2 aromatic carbocycles. The first kappa shape index (κ1) is 19.7. The fourth-order valence-corrected chi connectivity index (χ4v) is 4.09. The van der Waals surface area contributed by atoms with Crippen LogP contribution >= 0.6 is 0 Å². The van der Waals surface area contributed by atoms with E-state index >= 15 is 0 Å². The smallest absolute Gasteiger partial charge is 0.0486 e. The maximum absolute atomic E-state index is 3.42. The molecule has 0 spiro atoms. The molecule has 0 aliphatic carbocycles. The molecule has 2 heteroatoms. The third kappa shape index (κ3) is 5.23. The zero-order valence-corrected chi connectivity index (χ0v) is 17.2. The average Bonchev–Trinajstić information content (AvgIpc) is 3.20. The van der Waals surface area contributed by atoms with Gasteiger partial charge in [-0.05, 0) is 74.2 Å². The first-order valence-corrected chi connectivity index (χ1v) is 10.6. The van der Waals surface area contributed by atoms with E-state index in [1.165, 1.54) is 72.9 Å². The van der Waals surface area contributed by atoms with Crippen LogP contribution in [0.1, 0.15) is 43.4 Å². The van der Waals surface area contributed by atoms with E-state index in [-0.39, 0.29) is 0 Å². The second-order valence-corrected chi connectivity index (χ2v) is 7.58. The number of rotatable bonds is 5. The van der Waals surface area contributed by atoms with Gasteiger partial charge in [-0.1, -0.05) is 61.9 Å².